The number of hydrogen-bond acceptors (Lipinski definition) is 4. The highest BCUT2D eigenvalue weighted by molar-refractivity contribution is 9.12. The van der Waals surface area contributed by atoms with Gasteiger partial charge >= 0.3 is 0 Å². The molecule has 69 heavy (non-hydrogen) atoms. The van der Waals surface area contributed by atoms with Crippen LogP contribution in [0.2, 0.25) is 0 Å². The summed E-state index contributed by atoms with van der Waals surface area (Å²) in [5.74, 6) is 2.34. The number of aromatic hydroxyl groups is 3. The van der Waals surface area contributed by atoms with Crippen LogP contribution >= 0.6 is 47.8 Å². The summed E-state index contributed by atoms with van der Waals surface area (Å²) in [4.78, 5) is 0. The molecule has 3 aliphatic rings. The van der Waals surface area contributed by atoms with Crippen molar-refractivity contribution in [1.29, 1.82) is 0 Å². The molecular formula is C62H42Br3O4+. The molecule has 334 valence electrons. The number of phenols is 3. The molecule has 3 aliphatic carbocycles. The van der Waals surface area contributed by atoms with Crippen molar-refractivity contribution in [3.8, 4) is 51.0 Å². The number of para-hydroxylation sites is 1. The smallest absolute Gasteiger partial charge is 0.180 e. The minimum atomic E-state index is -0.531. The quantitative estimate of drug-likeness (QED) is 0.145. The van der Waals surface area contributed by atoms with Gasteiger partial charge in [-0.05, 0) is 168 Å². The first-order valence-electron chi connectivity index (χ1n) is 22.3. The maximum absolute atomic E-state index is 10.0. The van der Waals surface area contributed by atoms with E-state index in [1.54, 1.807) is 36.4 Å². The van der Waals surface area contributed by atoms with E-state index in [2.05, 4.69) is 151 Å². The fourth-order valence-electron chi connectivity index (χ4n) is 9.98. The summed E-state index contributed by atoms with van der Waals surface area (Å²) in [6, 6.07) is 70.6. The molecule has 0 spiro atoms. The van der Waals surface area contributed by atoms with Gasteiger partial charge in [0.1, 0.15) is 34.8 Å². The molecule has 0 aromatic heterocycles. The summed E-state index contributed by atoms with van der Waals surface area (Å²) < 4.78 is 9.13. The predicted octanol–water partition coefficient (Wildman–Crippen LogP) is 16.7. The molecule has 4 nitrogen and oxygen atoms in total. The monoisotopic (exact) mass is 1090 g/mol. The predicted molar refractivity (Wildman–Crippen MR) is 288 cm³/mol. The molecule has 1 unspecified atom stereocenters. The number of rotatable bonds is 6. The lowest BCUT2D eigenvalue weighted by atomic mass is 9.68. The lowest BCUT2D eigenvalue weighted by Crippen LogP contribution is -2.28. The van der Waals surface area contributed by atoms with Gasteiger partial charge in [0.25, 0.3) is 0 Å². The zero-order valence-corrected chi connectivity index (χ0v) is 41.7. The van der Waals surface area contributed by atoms with Crippen LogP contribution in [0.1, 0.15) is 44.5 Å². The summed E-state index contributed by atoms with van der Waals surface area (Å²) in [6.07, 6.45) is 10.7. The average molecular weight is 1090 g/mol. The third-order valence-corrected chi connectivity index (χ3v) is 14.3. The Balaban J connectivity index is 0.000000142. The second-order valence-electron chi connectivity index (χ2n) is 16.8. The highest BCUT2D eigenvalue weighted by Crippen LogP contribution is 2.58. The maximum Gasteiger partial charge on any atom is 0.180 e. The molecule has 9 aromatic carbocycles. The van der Waals surface area contributed by atoms with Crippen molar-refractivity contribution >= 4 is 47.8 Å². The normalized spacial score (nSPS) is 15.1. The lowest BCUT2D eigenvalue weighted by Gasteiger charge is -2.34. The van der Waals surface area contributed by atoms with Crippen LogP contribution in [-0.4, -0.2) is 15.3 Å². The van der Waals surface area contributed by atoms with Crippen molar-refractivity contribution in [3.05, 3.63) is 301 Å². The second kappa shape index (κ2) is 19.4. The van der Waals surface area contributed by atoms with Crippen molar-refractivity contribution in [3.63, 3.8) is 0 Å². The van der Waals surface area contributed by atoms with Crippen LogP contribution in [0.5, 0.6) is 28.7 Å². The highest BCUT2D eigenvalue weighted by atomic mass is 79.9. The third-order valence-electron chi connectivity index (χ3n) is 12.9. The zero-order valence-electron chi connectivity index (χ0n) is 36.9. The lowest BCUT2D eigenvalue weighted by molar-refractivity contribution is 0.474. The molecule has 0 saturated heterocycles. The molecule has 0 heterocycles. The molecule has 12 rings (SSSR count). The Morgan fingerprint density at radius 1 is 0.362 bits per heavy atom. The summed E-state index contributed by atoms with van der Waals surface area (Å²) >= 11 is 10.6. The standard InChI is InChI=1S/C31H21BrO2.C25H17BrO2.C6H4Br/c32-23-14-19-28-27-8-4-5-9-29(27)31(30(28)20-23,21-10-15-24(33)16-11-21)22-12-17-26(18-13-22)34-25-6-2-1-3-7-25;26-18-9-14-22-21-3-1-2-4-23(21)25(24(22)15-18,16-5-10-19(27)11-6-16)17-7-12-20(28)13-8-17;7-6-4-2-1-3-5-6/h1-20,33H;1-15,27-28H;1-4H/q;;+1. The Morgan fingerprint density at radius 3 is 1.13 bits per heavy atom. The Kier molecular flexibility index (Phi) is 12.8. The van der Waals surface area contributed by atoms with Crippen LogP contribution in [0, 0.1) is 6.08 Å². The number of halogens is 3. The van der Waals surface area contributed by atoms with Gasteiger partial charge in [0.2, 0.25) is 0 Å². The van der Waals surface area contributed by atoms with Gasteiger partial charge in [-0.1, -0.05) is 159 Å². The molecule has 1 atom stereocenters. The van der Waals surface area contributed by atoms with E-state index in [-0.39, 0.29) is 17.2 Å². The second-order valence-corrected chi connectivity index (χ2v) is 19.4. The van der Waals surface area contributed by atoms with Crippen LogP contribution in [0.3, 0.4) is 0 Å². The topological polar surface area (TPSA) is 69.9 Å². The minimum Gasteiger partial charge on any atom is -0.508 e. The van der Waals surface area contributed by atoms with Gasteiger partial charge in [0, 0.05) is 15.0 Å². The van der Waals surface area contributed by atoms with Gasteiger partial charge in [-0.25, -0.2) is 0 Å². The van der Waals surface area contributed by atoms with Gasteiger partial charge < -0.3 is 20.1 Å². The number of hydrogen-bond donors (Lipinski definition) is 3. The van der Waals surface area contributed by atoms with E-state index in [0.29, 0.717) is 0 Å². The van der Waals surface area contributed by atoms with Crippen molar-refractivity contribution < 1.29 is 20.1 Å². The van der Waals surface area contributed by atoms with Crippen LogP contribution < -0.4 is 4.74 Å². The first kappa shape index (κ1) is 45.5. The van der Waals surface area contributed by atoms with Crippen LogP contribution in [0.25, 0.3) is 22.3 Å². The summed E-state index contributed by atoms with van der Waals surface area (Å²) in [5, 5.41) is 29.8. The molecule has 9 aromatic rings. The summed E-state index contributed by atoms with van der Waals surface area (Å²) in [6.45, 7) is 0. The maximum atomic E-state index is 10.0. The van der Waals surface area contributed by atoms with Gasteiger partial charge in [0.15, 0.2) is 4.48 Å². The Bertz CT molecular complexity index is 3350. The van der Waals surface area contributed by atoms with E-state index in [0.717, 1.165) is 47.2 Å². The van der Waals surface area contributed by atoms with Gasteiger partial charge in [0.05, 0.1) is 29.1 Å². The third kappa shape index (κ3) is 8.53. The van der Waals surface area contributed by atoms with Gasteiger partial charge in [-0.2, -0.15) is 0 Å². The Hall–Kier alpha value is -7.25. The fraction of sp³-hybridized carbons (Fsp3) is 0.0323. The van der Waals surface area contributed by atoms with Crippen LogP contribution in [0.4, 0.5) is 0 Å². The Morgan fingerprint density at radius 2 is 0.739 bits per heavy atom. The van der Waals surface area contributed by atoms with Crippen molar-refractivity contribution in [2.24, 2.45) is 0 Å². The first-order chi connectivity index (χ1) is 33.7. The molecular weight excluding hydrogens is 1050 g/mol. The SMILES string of the molecule is BrC1=CC=CC=[C+]1.Oc1ccc(C2(c3ccc(O)cc3)c3ccccc3-c3ccc(Br)cc32)cc1.Oc1ccc(C2(c3ccc(Oc4ccccc4)cc3)c3ccccc3-c3ccc(Br)cc32)cc1. The van der Waals surface area contributed by atoms with Gasteiger partial charge in [-0.15, -0.1) is 0 Å². The zero-order chi connectivity index (χ0) is 47.5. The summed E-state index contributed by atoms with van der Waals surface area (Å²) in [5.41, 5.74) is 13.0. The van der Waals surface area contributed by atoms with E-state index in [1.807, 2.05) is 103 Å². The average Bonchev–Trinajstić information content (AvgIpc) is 3.83. The van der Waals surface area contributed by atoms with Crippen molar-refractivity contribution in [2.45, 2.75) is 10.8 Å². The van der Waals surface area contributed by atoms with E-state index in [9.17, 15) is 15.3 Å². The minimum absolute atomic E-state index is 0.241. The van der Waals surface area contributed by atoms with Crippen molar-refractivity contribution in [1.82, 2.24) is 0 Å². The molecule has 0 fully saturated rings. The highest BCUT2D eigenvalue weighted by Gasteiger charge is 2.47. The van der Waals surface area contributed by atoms with E-state index in [4.69, 9.17) is 4.74 Å². The molecule has 0 bridgehead atoms. The number of fused-ring (bicyclic) bond motifs is 6. The van der Waals surface area contributed by atoms with E-state index < -0.39 is 10.8 Å². The number of ether oxygens (including phenoxy) is 1. The number of benzene rings is 9. The van der Waals surface area contributed by atoms with Crippen LogP contribution in [-0.2, 0) is 10.8 Å². The molecule has 0 aliphatic heterocycles. The molecule has 3 N–H and O–H groups in total. The largest absolute Gasteiger partial charge is 0.508 e. The summed E-state index contributed by atoms with van der Waals surface area (Å²) in [7, 11) is 0. The Labute approximate surface area is 427 Å². The van der Waals surface area contributed by atoms with Gasteiger partial charge in [-0.3, -0.25) is 0 Å². The number of phenolic OH excluding ortho intramolecular Hbond substituents is 3. The van der Waals surface area contributed by atoms with Crippen molar-refractivity contribution in [2.75, 3.05) is 0 Å². The molecule has 0 radical (unpaired) electrons. The van der Waals surface area contributed by atoms with Crippen LogP contribution in [0.15, 0.2) is 250 Å². The number of allylic oxidation sites excluding steroid dienone is 6. The molecule has 7 heteroatoms. The fourth-order valence-corrected chi connectivity index (χ4v) is 11.0. The van der Waals surface area contributed by atoms with E-state index in [1.165, 1.54) is 44.5 Å². The molecule has 0 amide bonds. The first-order valence-corrected chi connectivity index (χ1v) is 24.7. The molecule has 0 saturated carbocycles. The van der Waals surface area contributed by atoms with E-state index >= 15 is 0 Å².